The summed E-state index contributed by atoms with van der Waals surface area (Å²) < 4.78 is 0. The van der Waals surface area contributed by atoms with E-state index < -0.39 is 0 Å². The molecule has 3 heterocycles. The number of aryl methyl sites for hydroxylation is 2. The number of aromatic nitrogens is 2. The van der Waals surface area contributed by atoms with Crippen LogP contribution in [-0.2, 0) is 23.4 Å². The summed E-state index contributed by atoms with van der Waals surface area (Å²) in [4.78, 5) is 36.7. The van der Waals surface area contributed by atoms with Crippen LogP contribution in [0.2, 0.25) is 0 Å². The van der Waals surface area contributed by atoms with Gasteiger partial charge in [-0.2, -0.15) is 0 Å². The molecule has 0 spiro atoms. The smallest absolute Gasteiger partial charge is 0.259 e. The summed E-state index contributed by atoms with van der Waals surface area (Å²) in [6.07, 6.45) is 6.75. The van der Waals surface area contributed by atoms with Gasteiger partial charge in [-0.1, -0.05) is 6.92 Å². The summed E-state index contributed by atoms with van der Waals surface area (Å²) in [6, 6.07) is 0. The number of hydrogen-bond acceptors (Lipinski definition) is 5. The van der Waals surface area contributed by atoms with Gasteiger partial charge in [0, 0.05) is 18.0 Å². The molecule has 0 saturated carbocycles. The van der Waals surface area contributed by atoms with Gasteiger partial charge < -0.3 is 9.88 Å². The number of carbonyl (C=O) groups is 1. The second kappa shape index (κ2) is 7.72. The fourth-order valence-corrected chi connectivity index (χ4v) is 6.09. The normalized spacial score (nSPS) is 20.3. The summed E-state index contributed by atoms with van der Waals surface area (Å²) in [6.45, 7) is 3.96. The fourth-order valence-electron chi connectivity index (χ4n) is 4.02. The number of nitrogens with one attached hydrogen (secondary N) is 1. The zero-order chi connectivity index (χ0) is 18.1. The van der Waals surface area contributed by atoms with Crippen molar-refractivity contribution in [2.75, 3.05) is 18.8 Å². The highest BCUT2D eigenvalue weighted by Gasteiger charge is 2.22. The van der Waals surface area contributed by atoms with Crippen LogP contribution >= 0.6 is 23.1 Å². The Hall–Kier alpha value is -1.34. The van der Waals surface area contributed by atoms with Crippen LogP contribution in [0.25, 0.3) is 10.2 Å². The highest BCUT2D eigenvalue weighted by atomic mass is 32.2. The quantitative estimate of drug-likeness (QED) is 0.868. The molecule has 1 fully saturated rings. The lowest BCUT2D eigenvalue weighted by Gasteiger charge is -2.30. The maximum absolute atomic E-state index is 12.5. The number of likely N-dealkylation sites (tertiary alicyclic amines) is 1. The molecule has 1 unspecified atom stereocenters. The maximum atomic E-state index is 12.5. The Balaban J connectivity index is 1.41. The van der Waals surface area contributed by atoms with E-state index in [0.717, 1.165) is 49.0 Å². The Labute approximate surface area is 161 Å². The van der Waals surface area contributed by atoms with E-state index in [1.54, 1.807) is 23.1 Å². The first-order chi connectivity index (χ1) is 12.6. The molecule has 2 aromatic rings. The van der Waals surface area contributed by atoms with E-state index in [-0.39, 0.29) is 11.5 Å². The molecule has 1 aliphatic carbocycles. The van der Waals surface area contributed by atoms with E-state index in [4.69, 9.17) is 0 Å². The Morgan fingerprint density at radius 2 is 2.19 bits per heavy atom. The van der Waals surface area contributed by atoms with Crippen LogP contribution in [0.5, 0.6) is 0 Å². The molecule has 1 atom stereocenters. The lowest BCUT2D eigenvalue weighted by molar-refractivity contribution is -0.130. The Morgan fingerprint density at radius 3 is 3.04 bits per heavy atom. The molecule has 1 aliphatic heterocycles. The summed E-state index contributed by atoms with van der Waals surface area (Å²) in [7, 11) is 0. The highest BCUT2D eigenvalue weighted by molar-refractivity contribution is 7.99. The molecule has 2 aliphatic rings. The number of nitrogens with zero attached hydrogens (tertiary/aromatic N) is 2. The first kappa shape index (κ1) is 18.0. The average Bonchev–Trinajstić information content (AvgIpc) is 3.00. The van der Waals surface area contributed by atoms with Gasteiger partial charge in [0.2, 0.25) is 5.91 Å². The van der Waals surface area contributed by atoms with Crippen LogP contribution in [0.15, 0.2) is 4.79 Å². The number of carbonyl (C=O) groups excluding carboxylic acids is 1. The number of fused-ring (bicyclic) bond motifs is 3. The Morgan fingerprint density at radius 1 is 1.35 bits per heavy atom. The van der Waals surface area contributed by atoms with Crippen molar-refractivity contribution < 1.29 is 4.79 Å². The molecule has 1 N–H and O–H groups in total. The number of thiophene rings is 1. The number of aromatic amines is 1. The molecule has 7 heteroatoms. The number of thioether (sulfide) groups is 1. The average molecular weight is 392 g/mol. The van der Waals surface area contributed by atoms with Gasteiger partial charge in [0.15, 0.2) is 0 Å². The van der Waals surface area contributed by atoms with E-state index in [1.807, 2.05) is 4.90 Å². The zero-order valence-electron chi connectivity index (χ0n) is 15.2. The van der Waals surface area contributed by atoms with Crippen LogP contribution < -0.4 is 5.56 Å². The summed E-state index contributed by atoms with van der Waals surface area (Å²) in [5, 5.41) is 0.803. The molecule has 5 nitrogen and oxygen atoms in total. The van der Waals surface area contributed by atoms with Crippen molar-refractivity contribution in [2.24, 2.45) is 5.92 Å². The Kier molecular flexibility index (Phi) is 5.36. The van der Waals surface area contributed by atoms with Crippen molar-refractivity contribution in [3.8, 4) is 0 Å². The third-order valence-electron chi connectivity index (χ3n) is 5.35. The van der Waals surface area contributed by atoms with Crippen molar-refractivity contribution in [3.63, 3.8) is 0 Å². The summed E-state index contributed by atoms with van der Waals surface area (Å²) in [5.41, 5.74) is 1.21. The summed E-state index contributed by atoms with van der Waals surface area (Å²) in [5.74, 6) is 2.52. The van der Waals surface area contributed by atoms with Crippen molar-refractivity contribution >= 4 is 39.2 Å². The lowest BCUT2D eigenvalue weighted by Crippen LogP contribution is -2.40. The lowest BCUT2D eigenvalue weighted by atomic mass is 9.97. The standard InChI is InChI=1S/C19H25N3O2S2/c1-12-5-4-8-22(9-12)16(23)11-25-10-15-20-18(24)17-13-6-2-3-7-14(13)26-19(17)21-15/h12H,2-11H2,1H3,(H,20,21,24). The van der Waals surface area contributed by atoms with Crippen molar-refractivity contribution in [1.29, 1.82) is 0 Å². The van der Waals surface area contributed by atoms with Crippen LogP contribution in [0.3, 0.4) is 0 Å². The van der Waals surface area contributed by atoms with Gasteiger partial charge in [0.1, 0.15) is 10.7 Å². The van der Waals surface area contributed by atoms with Crippen LogP contribution in [0.1, 0.15) is 48.9 Å². The molecule has 2 aromatic heterocycles. The first-order valence-corrected chi connectivity index (χ1v) is 11.5. The Bertz CT molecular complexity index is 874. The van der Waals surface area contributed by atoms with E-state index in [2.05, 4.69) is 16.9 Å². The molecule has 1 amide bonds. The van der Waals surface area contributed by atoms with E-state index in [0.29, 0.717) is 23.2 Å². The molecule has 0 aromatic carbocycles. The van der Waals surface area contributed by atoms with Gasteiger partial charge in [0.05, 0.1) is 16.9 Å². The zero-order valence-corrected chi connectivity index (χ0v) is 16.8. The predicted octanol–water partition coefficient (Wildman–Crippen LogP) is 3.36. The molecule has 26 heavy (non-hydrogen) atoms. The maximum Gasteiger partial charge on any atom is 0.259 e. The van der Waals surface area contributed by atoms with Gasteiger partial charge in [-0.15, -0.1) is 23.1 Å². The third-order valence-corrected chi connectivity index (χ3v) is 7.46. The van der Waals surface area contributed by atoms with Gasteiger partial charge in [-0.05, 0) is 50.0 Å². The largest absolute Gasteiger partial charge is 0.342 e. The second-order valence-corrected chi connectivity index (χ2v) is 9.55. The summed E-state index contributed by atoms with van der Waals surface area (Å²) >= 11 is 3.22. The SMILES string of the molecule is CC1CCCN(C(=O)CSCc2nc3sc4c(c3c(=O)[nH]2)CCCC4)C1. The van der Waals surface area contributed by atoms with E-state index in [9.17, 15) is 9.59 Å². The molecule has 0 radical (unpaired) electrons. The minimum atomic E-state index is -0.0128. The van der Waals surface area contributed by atoms with Crippen LogP contribution in [-0.4, -0.2) is 39.6 Å². The monoisotopic (exact) mass is 391 g/mol. The predicted molar refractivity (Wildman–Crippen MR) is 108 cm³/mol. The first-order valence-electron chi connectivity index (χ1n) is 9.51. The van der Waals surface area contributed by atoms with Crippen LogP contribution in [0, 0.1) is 5.92 Å². The van der Waals surface area contributed by atoms with Crippen molar-refractivity contribution in [2.45, 2.75) is 51.2 Å². The molecule has 4 rings (SSSR count). The number of piperidine rings is 1. The van der Waals surface area contributed by atoms with Crippen LogP contribution in [0.4, 0.5) is 0 Å². The second-order valence-electron chi connectivity index (χ2n) is 7.48. The van der Waals surface area contributed by atoms with Crippen molar-refractivity contribution in [3.05, 3.63) is 26.6 Å². The minimum absolute atomic E-state index is 0.0128. The number of amides is 1. The van der Waals surface area contributed by atoms with Gasteiger partial charge in [-0.3, -0.25) is 9.59 Å². The topological polar surface area (TPSA) is 66.1 Å². The van der Waals surface area contributed by atoms with E-state index in [1.165, 1.54) is 23.3 Å². The van der Waals surface area contributed by atoms with Gasteiger partial charge in [0.25, 0.3) is 5.56 Å². The number of hydrogen-bond donors (Lipinski definition) is 1. The number of rotatable bonds is 4. The highest BCUT2D eigenvalue weighted by Crippen LogP contribution is 2.33. The molecule has 140 valence electrons. The minimum Gasteiger partial charge on any atom is -0.342 e. The van der Waals surface area contributed by atoms with Gasteiger partial charge >= 0.3 is 0 Å². The fraction of sp³-hybridized carbons (Fsp3) is 0.632. The molecular weight excluding hydrogens is 366 g/mol. The molecule has 0 bridgehead atoms. The van der Waals surface area contributed by atoms with Gasteiger partial charge in [-0.25, -0.2) is 4.98 Å². The molecule has 1 saturated heterocycles. The van der Waals surface area contributed by atoms with Crippen molar-refractivity contribution in [1.82, 2.24) is 14.9 Å². The van der Waals surface area contributed by atoms with E-state index >= 15 is 0 Å². The number of H-pyrrole nitrogens is 1. The molecular formula is C19H25N3O2S2. The third kappa shape index (κ3) is 3.69.